The minimum atomic E-state index is -0.561. The van der Waals surface area contributed by atoms with Gasteiger partial charge < -0.3 is 24.4 Å². The van der Waals surface area contributed by atoms with Crippen LogP contribution in [0.15, 0.2) is 66.7 Å². The Morgan fingerprint density at radius 3 is 2.33 bits per heavy atom. The Morgan fingerprint density at radius 2 is 1.72 bits per heavy atom. The van der Waals surface area contributed by atoms with E-state index in [0.29, 0.717) is 41.5 Å². The third kappa shape index (κ3) is 5.30. The molecule has 1 heterocycles. The number of amides is 2. The third-order valence-corrected chi connectivity index (χ3v) is 6.42. The van der Waals surface area contributed by atoms with Crippen molar-refractivity contribution in [2.24, 2.45) is 0 Å². The van der Waals surface area contributed by atoms with Crippen molar-refractivity contribution in [3.63, 3.8) is 0 Å². The molecule has 0 fully saturated rings. The van der Waals surface area contributed by atoms with Gasteiger partial charge in [-0.3, -0.25) is 9.59 Å². The van der Waals surface area contributed by atoms with E-state index in [4.69, 9.17) is 14.2 Å². The lowest BCUT2D eigenvalue weighted by molar-refractivity contribution is -0.141. The summed E-state index contributed by atoms with van der Waals surface area (Å²) >= 11 is 0. The Kier molecular flexibility index (Phi) is 7.78. The molecule has 0 saturated heterocycles. The van der Waals surface area contributed by atoms with Crippen molar-refractivity contribution in [1.29, 1.82) is 0 Å². The van der Waals surface area contributed by atoms with Crippen LogP contribution in [0, 0.1) is 0 Å². The molecule has 7 nitrogen and oxygen atoms in total. The highest BCUT2D eigenvalue weighted by atomic mass is 16.5. The zero-order valence-corrected chi connectivity index (χ0v) is 21.1. The summed E-state index contributed by atoms with van der Waals surface area (Å²) in [4.78, 5) is 28.4. The number of carbonyl (C=O) groups excluding carboxylic acids is 2. The van der Waals surface area contributed by atoms with E-state index >= 15 is 0 Å². The van der Waals surface area contributed by atoms with Gasteiger partial charge in [-0.05, 0) is 48.7 Å². The van der Waals surface area contributed by atoms with Gasteiger partial charge in [0.2, 0.25) is 0 Å². The first-order valence-corrected chi connectivity index (χ1v) is 12.2. The summed E-state index contributed by atoms with van der Waals surface area (Å²) in [6, 6.07) is 20.5. The predicted molar refractivity (Wildman–Crippen MR) is 139 cm³/mol. The van der Waals surface area contributed by atoms with Crippen molar-refractivity contribution < 1.29 is 23.8 Å². The number of nitrogens with one attached hydrogen (secondary N) is 1. The number of methoxy groups -OCH3 is 2. The minimum absolute atomic E-state index is 0.0292. The third-order valence-electron chi connectivity index (χ3n) is 6.42. The maximum Gasteiger partial charge on any atom is 0.264 e. The van der Waals surface area contributed by atoms with Crippen molar-refractivity contribution in [3.05, 3.63) is 83.4 Å². The summed E-state index contributed by atoms with van der Waals surface area (Å²) in [5.74, 6) is 1.39. The Morgan fingerprint density at radius 1 is 1.03 bits per heavy atom. The number of benzene rings is 3. The van der Waals surface area contributed by atoms with E-state index in [1.165, 1.54) is 0 Å². The highest BCUT2D eigenvalue weighted by Gasteiger charge is 2.34. The minimum Gasteiger partial charge on any atom is -0.497 e. The van der Waals surface area contributed by atoms with Crippen LogP contribution in [0.1, 0.15) is 54.2 Å². The van der Waals surface area contributed by atoms with Gasteiger partial charge >= 0.3 is 0 Å². The summed E-state index contributed by atoms with van der Waals surface area (Å²) in [6.45, 7) is 4.42. The number of rotatable bonds is 8. The molecule has 0 aliphatic carbocycles. The van der Waals surface area contributed by atoms with E-state index < -0.39 is 6.10 Å². The molecule has 1 aliphatic rings. The topological polar surface area (TPSA) is 77.1 Å². The van der Waals surface area contributed by atoms with Crippen LogP contribution >= 0.6 is 0 Å². The van der Waals surface area contributed by atoms with Crippen LogP contribution in [0.5, 0.6) is 17.2 Å². The van der Waals surface area contributed by atoms with Gasteiger partial charge in [0.15, 0.2) is 6.10 Å². The lowest BCUT2D eigenvalue weighted by atomic mass is 10.0. The maximum atomic E-state index is 13.5. The maximum absolute atomic E-state index is 13.5. The number of fused-ring (bicyclic) bond motifs is 1. The molecule has 1 aliphatic heterocycles. The molecule has 36 heavy (non-hydrogen) atoms. The summed E-state index contributed by atoms with van der Waals surface area (Å²) in [6.07, 6.45) is 0.778. The van der Waals surface area contributed by atoms with Crippen molar-refractivity contribution >= 4 is 17.5 Å². The normalized spacial score (nSPS) is 15.8. The summed E-state index contributed by atoms with van der Waals surface area (Å²) in [7, 11) is 3.08. The van der Waals surface area contributed by atoms with Gasteiger partial charge in [0.1, 0.15) is 17.2 Å². The monoisotopic (exact) mass is 488 g/mol. The van der Waals surface area contributed by atoms with Gasteiger partial charge in [-0.25, -0.2) is 0 Å². The van der Waals surface area contributed by atoms with Crippen LogP contribution < -0.4 is 19.5 Å². The van der Waals surface area contributed by atoms with E-state index in [2.05, 4.69) is 12.2 Å². The van der Waals surface area contributed by atoms with E-state index in [1.54, 1.807) is 38.5 Å². The first kappa shape index (κ1) is 25.1. The fourth-order valence-corrected chi connectivity index (χ4v) is 4.52. The second kappa shape index (κ2) is 11.2. The molecule has 0 saturated carbocycles. The van der Waals surface area contributed by atoms with E-state index in [1.807, 2.05) is 54.3 Å². The zero-order chi connectivity index (χ0) is 25.7. The standard InChI is InChI=1S/C29H32N2O5/c1-5-25(19-10-8-7-9-11-19)31-18-21-14-22(12-13-27(21)36-26(6-2)29(31)33)30-28(32)20-15-23(34-3)17-24(16-20)35-4/h7-17,25-26H,5-6,18H2,1-4H3,(H,30,32)/t25-,26+/m0/s1. The molecular weight excluding hydrogens is 456 g/mol. The quantitative estimate of drug-likeness (QED) is 0.446. The lowest BCUT2D eigenvalue weighted by Gasteiger charge is -2.32. The van der Waals surface area contributed by atoms with Crippen LogP contribution in [0.3, 0.4) is 0 Å². The average Bonchev–Trinajstić information content (AvgIpc) is 3.05. The van der Waals surface area contributed by atoms with Crippen molar-refractivity contribution in [2.45, 2.75) is 45.4 Å². The summed E-state index contributed by atoms with van der Waals surface area (Å²) in [5, 5.41) is 2.95. The Hall–Kier alpha value is -4.00. The Bertz CT molecular complexity index is 1210. The molecule has 3 aromatic rings. The molecular formula is C29H32N2O5. The van der Waals surface area contributed by atoms with Crippen molar-refractivity contribution in [2.75, 3.05) is 19.5 Å². The van der Waals surface area contributed by atoms with Gasteiger partial charge in [0, 0.05) is 22.9 Å². The van der Waals surface area contributed by atoms with E-state index in [-0.39, 0.29) is 17.9 Å². The number of carbonyl (C=O) groups is 2. The zero-order valence-electron chi connectivity index (χ0n) is 21.1. The molecule has 0 aromatic heterocycles. The first-order valence-electron chi connectivity index (χ1n) is 12.2. The number of hydrogen-bond acceptors (Lipinski definition) is 5. The first-order chi connectivity index (χ1) is 17.5. The number of hydrogen-bond donors (Lipinski definition) is 1. The molecule has 7 heteroatoms. The second-order valence-electron chi connectivity index (χ2n) is 8.69. The van der Waals surface area contributed by atoms with E-state index in [9.17, 15) is 9.59 Å². The highest BCUT2D eigenvalue weighted by molar-refractivity contribution is 6.05. The average molecular weight is 489 g/mol. The fraction of sp³-hybridized carbons (Fsp3) is 0.310. The van der Waals surface area contributed by atoms with Gasteiger partial charge in [0.05, 0.1) is 26.8 Å². The lowest BCUT2D eigenvalue weighted by Crippen LogP contribution is -2.41. The van der Waals surface area contributed by atoms with Gasteiger partial charge in [0.25, 0.3) is 11.8 Å². The largest absolute Gasteiger partial charge is 0.497 e. The van der Waals surface area contributed by atoms with Gasteiger partial charge in [-0.2, -0.15) is 0 Å². The Balaban J connectivity index is 1.64. The van der Waals surface area contributed by atoms with Crippen LogP contribution in [0.4, 0.5) is 5.69 Å². The fourth-order valence-electron chi connectivity index (χ4n) is 4.52. The van der Waals surface area contributed by atoms with Crippen LogP contribution in [-0.4, -0.2) is 37.0 Å². The second-order valence-corrected chi connectivity index (χ2v) is 8.69. The summed E-state index contributed by atoms with van der Waals surface area (Å²) in [5.41, 5.74) is 2.95. The SMILES string of the molecule is CC[C@H]1Oc2ccc(NC(=O)c3cc(OC)cc(OC)c3)cc2CN([C@@H](CC)c2ccccc2)C1=O. The molecule has 0 bridgehead atoms. The van der Waals surface area contributed by atoms with Crippen molar-refractivity contribution in [3.8, 4) is 17.2 Å². The van der Waals surface area contributed by atoms with Gasteiger partial charge in [-0.15, -0.1) is 0 Å². The van der Waals surface area contributed by atoms with Crippen LogP contribution in [-0.2, 0) is 11.3 Å². The molecule has 3 aromatic carbocycles. The van der Waals surface area contributed by atoms with Crippen molar-refractivity contribution in [1.82, 2.24) is 4.90 Å². The molecule has 0 unspecified atom stereocenters. The van der Waals surface area contributed by atoms with Crippen LogP contribution in [0.25, 0.3) is 0 Å². The molecule has 2 atom stereocenters. The molecule has 0 spiro atoms. The number of anilines is 1. The predicted octanol–water partition coefficient (Wildman–Crippen LogP) is 5.61. The Labute approximate surface area is 212 Å². The molecule has 2 amide bonds. The highest BCUT2D eigenvalue weighted by Crippen LogP contribution is 2.35. The van der Waals surface area contributed by atoms with Crippen LogP contribution in [0.2, 0.25) is 0 Å². The number of ether oxygens (including phenoxy) is 3. The molecule has 1 N–H and O–H groups in total. The molecule has 4 rings (SSSR count). The van der Waals surface area contributed by atoms with E-state index in [0.717, 1.165) is 17.5 Å². The molecule has 188 valence electrons. The number of nitrogens with zero attached hydrogens (tertiary/aromatic N) is 1. The smallest absolute Gasteiger partial charge is 0.264 e. The van der Waals surface area contributed by atoms with Gasteiger partial charge in [-0.1, -0.05) is 44.2 Å². The summed E-state index contributed by atoms with van der Waals surface area (Å²) < 4.78 is 16.7. The molecule has 0 radical (unpaired) electrons.